The molecular weight excluding hydrogens is 203 g/mol. The molecule has 0 aromatic rings. The van der Waals surface area contributed by atoms with Gasteiger partial charge in [0.1, 0.15) is 5.60 Å². The van der Waals surface area contributed by atoms with E-state index in [2.05, 4.69) is 14.1 Å². The number of carbonyl (C=O) groups is 1. The third kappa shape index (κ3) is 4.43. The van der Waals surface area contributed by atoms with Gasteiger partial charge in [0, 0.05) is 6.44 Å². The first-order chi connectivity index (χ1) is 7.42. The molecule has 1 fully saturated rings. The molecule has 4 nitrogen and oxygen atoms in total. The first-order valence-corrected chi connectivity index (χ1v) is 6.01. The summed E-state index contributed by atoms with van der Waals surface area (Å²) in [6.07, 6.45) is 0.911. The van der Waals surface area contributed by atoms with Crippen LogP contribution in [0.3, 0.4) is 0 Å². The van der Waals surface area contributed by atoms with Gasteiger partial charge in [-0.05, 0) is 20.8 Å². The van der Waals surface area contributed by atoms with E-state index in [9.17, 15) is 4.79 Å². The highest BCUT2D eigenvalue weighted by Crippen LogP contribution is 2.09. The Hall–Kier alpha value is -0.705. The monoisotopic (exact) mass is 226 g/mol. The Morgan fingerprint density at radius 1 is 1.38 bits per heavy atom. The van der Waals surface area contributed by atoms with Crippen LogP contribution >= 0.6 is 0 Å². The van der Waals surface area contributed by atoms with E-state index in [-0.39, 0.29) is 6.09 Å². The molecule has 1 N–H and O–H groups in total. The molecule has 1 saturated heterocycles. The molecule has 1 amide bonds. The van der Waals surface area contributed by atoms with Crippen molar-refractivity contribution in [1.82, 2.24) is 4.90 Å². The van der Waals surface area contributed by atoms with Crippen LogP contribution in [0.15, 0.2) is 0 Å². The zero-order chi connectivity index (χ0) is 12.2. The summed E-state index contributed by atoms with van der Waals surface area (Å²) in [5, 5.41) is 0. The van der Waals surface area contributed by atoms with Gasteiger partial charge in [-0.1, -0.05) is 6.82 Å². The summed E-state index contributed by atoms with van der Waals surface area (Å²) < 4.78 is 5.34. The number of hydrogen-bond acceptors (Lipinski definition) is 2. The average molecular weight is 226 g/mol. The van der Waals surface area contributed by atoms with Crippen LogP contribution in [0.2, 0.25) is 6.82 Å². The Labute approximate surface area is 99.2 Å². The quantitative estimate of drug-likeness (QED) is 0.663. The number of nitrogens with one attached hydrogen (secondary N) is 1. The van der Waals surface area contributed by atoms with Crippen LogP contribution < -0.4 is 4.90 Å². The van der Waals surface area contributed by atoms with Crippen molar-refractivity contribution in [3.8, 4) is 0 Å². The maximum Gasteiger partial charge on any atom is 0.410 e. The minimum Gasteiger partial charge on any atom is -0.444 e. The second kappa shape index (κ2) is 5.57. The van der Waals surface area contributed by atoms with E-state index >= 15 is 0 Å². The van der Waals surface area contributed by atoms with Crippen molar-refractivity contribution in [1.29, 1.82) is 0 Å². The predicted molar refractivity (Wildman–Crippen MR) is 65.0 cm³/mol. The maximum atomic E-state index is 11.8. The lowest BCUT2D eigenvalue weighted by Gasteiger charge is -2.33. The average Bonchev–Trinajstić information content (AvgIpc) is 2.16. The van der Waals surface area contributed by atoms with Crippen molar-refractivity contribution in [2.24, 2.45) is 0 Å². The van der Waals surface area contributed by atoms with Crippen molar-refractivity contribution in [3.63, 3.8) is 0 Å². The number of ether oxygens (including phenoxy) is 1. The molecule has 0 aliphatic carbocycles. The summed E-state index contributed by atoms with van der Waals surface area (Å²) in [4.78, 5) is 15.1. The zero-order valence-electron chi connectivity index (χ0n) is 10.9. The molecule has 0 aromatic heterocycles. The molecule has 0 unspecified atom stereocenters. The summed E-state index contributed by atoms with van der Waals surface area (Å²) >= 11 is 0. The summed E-state index contributed by atoms with van der Waals surface area (Å²) in [6.45, 7) is 11.4. The fourth-order valence-corrected chi connectivity index (χ4v) is 1.82. The van der Waals surface area contributed by atoms with Gasteiger partial charge in [-0.25, -0.2) is 4.79 Å². The molecule has 0 spiro atoms. The van der Waals surface area contributed by atoms with Gasteiger partial charge in [0.15, 0.2) is 7.28 Å². The van der Waals surface area contributed by atoms with E-state index in [4.69, 9.17) is 4.74 Å². The highest BCUT2D eigenvalue weighted by atomic mass is 16.6. The first-order valence-electron chi connectivity index (χ1n) is 6.01. The SMILES string of the molecule is C[B]C[NH+]1CCN(C(=O)OC(C)(C)C)CC1. The largest absolute Gasteiger partial charge is 0.444 e. The van der Waals surface area contributed by atoms with Crippen molar-refractivity contribution >= 4 is 13.4 Å². The van der Waals surface area contributed by atoms with Crippen LogP contribution in [0.5, 0.6) is 0 Å². The molecule has 1 aliphatic heterocycles. The number of quaternary nitrogens is 1. The second-order valence-corrected chi connectivity index (χ2v) is 5.33. The zero-order valence-corrected chi connectivity index (χ0v) is 10.9. The molecule has 1 heterocycles. The van der Waals surface area contributed by atoms with Crippen LogP contribution in [0.25, 0.3) is 0 Å². The molecular formula is C11H23BN2O2+. The van der Waals surface area contributed by atoms with Crippen molar-refractivity contribution < 1.29 is 14.4 Å². The molecule has 1 radical (unpaired) electrons. The fraction of sp³-hybridized carbons (Fsp3) is 0.909. The standard InChI is InChI=1S/C11H22BN2O2/c1-11(2,3)16-10(15)14-7-5-13(6-8-14)9-12-4/h5-9H2,1-4H3/p+1. The maximum absolute atomic E-state index is 11.8. The normalized spacial score (nSPS) is 18.4. The van der Waals surface area contributed by atoms with E-state index in [0.29, 0.717) is 0 Å². The lowest BCUT2D eigenvalue weighted by molar-refractivity contribution is -0.893. The number of nitrogens with zero attached hydrogens (tertiary/aromatic N) is 1. The van der Waals surface area contributed by atoms with Gasteiger partial charge in [0.2, 0.25) is 0 Å². The lowest BCUT2D eigenvalue weighted by Crippen LogP contribution is -3.15. The molecule has 1 aliphatic rings. The van der Waals surface area contributed by atoms with Gasteiger partial charge in [0.05, 0.1) is 26.2 Å². The molecule has 91 valence electrons. The number of rotatable bonds is 2. The highest BCUT2D eigenvalue weighted by molar-refractivity contribution is 6.32. The minimum atomic E-state index is -0.391. The van der Waals surface area contributed by atoms with Crippen LogP contribution in [0.4, 0.5) is 4.79 Å². The van der Waals surface area contributed by atoms with Crippen LogP contribution in [0, 0.1) is 0 Å². The van der Waals surface area contributed by atoms with Crippen LogP contribution in [-0.4, -0.2) is 56.5 Å². The summed E-state index contributed by atoms with van der Waals surface area (Å²) in [7, 11) is 2.18. The first kappa shape index (κ1) is 13.4. The van der Waals surface area contributed by atoms with Gasteiger partial charge in [-0.2, -0.15) is 0 Å². The highest BCUT2D eigenvalue weighted by Gasteiger charge is 2.26. The molecule has 5 heteroatoms. The molecule has 0 bridgehead atoms. The second-order valence-electron chi connectivity index (χ2n) is 5.33. The van der Waals surface area contributed by atoms with Gasteiger partial charge < -0.3 is 9.64 Å². The molecule has 0 aromatic carbocycles. The van der Waals surface area contributed by atoms with E-state index in [1.807, 2.05) is 25.7 Å². The summed E-state index contributed by atoms with van der Waals surface area (Å²) in [5.74, 6) is 0. The summed E-state index contributed by atoms with van der Waals surface area (Å²) in [6, 6.07) is 0. The van der Waals surface area contributed by atoms with Crippen LogP contribution in [-0.2, 0) is 4.74 Å². The third-order valence-corrected chi connectivity index (χ3v) is 2.62. The predicted octanol–water partition coefficient (Wildman–Crippen LogP) is -0.168. The molecule has 1 rings (SSSR count). The van der Waals surface area contributed by atoms with E-state index in [0.717, 1.165) is 32.6 Å². The van der Waals surface area contributed by atoms with Gasteiger partial charge in [-0.15, -0.1) is 0 Å². The van der Waals surface area contributed by atoms with Crippen LogP contribution in [0.1, 0.15) is 20.8 Å². The van der Waals surface area contributed by atoms with Crippen molar-refractivity contribution in [2.45, 2.75) is 33.2 Å². The lowest BCUT2D eigenvalue weighted by atomic mass is 9.82. The van der Waals surface area contributed by atoms with E-state index < -0.39 is 5.60 Å². The van der Waals surface area contributed by atoms with Crippen molar-refractivity contribution in [2.75, 3.05) is 32.6 Å². The fourth-order valence-electron chi connectivity index (χ4n) is 1.82. The van der Waals surface area contributed by atoms with Gasteiger partial charge in [0.25, 0.3) is 0 Å². The number of amides is 1. The number of carbonyl (C=O) groups excluding carboxylic acids is 1. The Morgan fingerprint density at radius 2 is 1.94 bits per heavy atom. The summed E-state index contributed by atoms with van der Waals surface area (Å²) in [5.41, 5.74) is -0.391. The molecule has 0 atom stereocenters. The Balaban J connectivity index is 2.33. The molecule has 16 heavy (non-hydrogen) atoms. The van der Waals surface area contributed by atoms with Gasteiger partial charge in [-0.3, -0.25) is 4.90 Å². The van der Waals surface area contributed by atoms with E-state index in [1.54, 1.807) is 4.90 Å². The third-order valence-electron chi connectivity index (χ3n) is 2.62. The minimum absolute atomic E-state index is 0.174. The number of piperazine rings is 1. The molecule has 0 saturated carbocycles. The Morgan fingerprint density at radius 3 is 2.38 bits per heavy atom. The van der Waals surface area contributed by atoms with Crippen molar-refractivity contribution in [3.05, 3.63) is 0 Å². The topological polar surface area (TPSA) is 34.0 Å². The number of hydrogen-bond donors (Lipinski definition) is 1. The Bertz CT molecular complexity index is 233. The van der Waals surface area contributed by atoms with E-state index in [1.165, 1.54) is 0 Å². The van der Waals surface area contributed by atoms with Gasteiger partial charge >= 0.3 is 6.09 Å². The smallest absolute Gasteiger partial charge is 0.410 e. The Kier molecular flexibility index (Phi) is 4.65.